The van der Waals surface area contributed by atoms with Crippen LogP contribution in [0.1, 0.15) is 29.9 Å². The number of fused-ring (bicyclic) bond motifs is 1. The number of carboxylic acids is 1. The first kappa shape index (κ1) is 13.8. The quantitative estimate of drug-likeness (QED) is 0.870. The average Bonchev–Trinajstić information content (AvgIpc) is 2.43. The lowest BCUT2D eigenvalue weighted by molar-refractivity contribution is 0.0684. The number of hydrogen-bond donors (Lipinski definition) is 2. The molecule has 2 N–H and O–H groups in total. The predicted molar refractivity (Wildman–Crippen MR) is 78.6 cm³/mol. The lowest BCUT2D eigenvalue weighted by Crippen LogP contribution is -2.42. The second-order valence-corrected chi connectivity index (χ2v) is 5.19. The van der Waals surface area contributed by atoms with Crippen molar-refractivity contribution >= 4 is 22.7 Å². The van der Waals surface area contributed by atoms with Crippen LogP contribution >= 0.6 is 0 Å². The highest BCUT2D eigenvalue weighted by Gasteiger charge is 2.28. The fraction of sp³-hybridized carbons (Fsp3) is 0.400. The third-order valence-electron chi connectivity index (χ3n) is 3.90. The number of aliphatic hydroxyl groups is 1. The molecule has 1 aromatic carbocycles. The van der Waals surface area contributed by atoms with Crippen LogP contribution in [0.5, 0.6) is 0 Å². The molecule has 1 aliphatic carbocycles. The summed E-state index contributed by atoms with van der Waals surface area (Å²) < 4.78 is 0. The van der Waals surface area contributed by atoms with Crippen LogP contribution in [0.3, 0.4) is 0 Å². The summed E-state index contributed by atoms with van der Waals surface area (Å²) in [5, 5.41) is 19.3. The molecule has 1 heterocycles. The van der Waals surface area contributed by atoms with Gasteiger partial charge in [0.1, 0.15) is 5.82 Å². The van der Waals surface area contributed by atoms with Gasteiger partial charge in [-0.3, -0.25) is 0 Å². The van der Waals surface area contributed by atoms with Crippen LogP contribution in [0.15, 0.2) is 24.3 Å². The third-order valence-corrected chi connectivity index (χ3v) is 3.90. The molecular weight excluding hydrogens is 270 g/mol. The SMILES string of the molecule is O=C(O)c1nc(N(CCO)C2CCC2)c2ccccc2n1. The fourth-order valence-electron chi connectivity index (χ4n) is 2.64. The van der Waals surface area contributed by atoms with E-state index in [2.05, 4.69) is 9.97 Å². The summed E-state index contributed by atoms with van der Waals surface area (Å²) in [4.78, 5) is 21.6. The first-order valence-corrected chi connectivity index (χ1v) is 7.08. The van der Waals surface area contributed by atoms with Gasteiger partial charge in [0, 0.05) is 18.0 Å². The number of benzene rings is 1. The molecule has 1 aromatic heterocycles. The Labute approximate surface area is 122 Å². The lowest BCUT2D eigenvalue weighted by atomic mass is 9.91. The maximum Gasteiger partial charge on any atom is 0.374 e. The third kappa shape index (κ3) is 2.54. The van der Waals surface area contributed by atoms with Crippen molar-refractivity contribution in [2.24, 2.45) is 0 Å². The number of aromatic nitrogens is 2. The molecule has 1 fully saturated rings. The Bertz CT molecular complexity index is 670. The smallest absolute Gasteiger partial charge is 0.374 e. The van der Waals surface area contributed by atoms with Gasteiger partial charge in [0.25, 0.3) is 0 Å². The first-order valence-electron chi connectivity index (χ1n) is 7.08. The van der Waals surface area contributed by atoms with Crippen molar-refractivity contribution in [1.29, 1.82) is 0 Å². The molecule has 1 aliphatic rings. The van der Waals surface area contributed by atoms with E-state index in [0.29, 0.717) is 23.9 Å². The highest BCUT2D eigenvalue weighted by molar-refractivity contribution is 5.94. The van der Waals surface area contributed by atoms with Gasteiger partial charge in [-0.15, -0.1) is 0 Å². The molecule has 21 heavy (non-hydrogen) atoms. The van der Waals surface area contributed by atoms with Crippen LogP contribution in [0.2, 0.25) is 0 Å². The van der Waals surface area contributed by atoms with Crippen molar-refractivity contribution in [2.45, 2.75) is 25.3 Å². The number of anilines is 1. The summed E-state index contributed by atoms with van der Waals surface area (Å²) in [5.74, 6) is -0.734. The van der Waals surface area contributed by atoms with E-state index in [4.69, 9.17) is 0 Å². The number of para-hydroxylation sites is 1. The fourth-order valence-corrected chi connectivity index (χ4v) is 2.64. The summed E-state index contributed by atoms with van der Waals surface area (Å²) >= 11 is 0. The Hall–Kier alpha value is -2.21. The van der Waals surface area contributed by atoms with Crippen LogP contribution in [0, 0.1) is 0 Å². The van der Waals surface area contributed by atoms with Crippen molar-refractivity contribution in [3.05, 3.63) is 30.1 Å². The largest absolute Gasteiger partial charge is 0.475 e. The molecule has 0 radical (unpaired) electrons. The van der Waals surface area contributed by atoms with Gasteiger partial charge >= 0.3 is 5.97 Å². The van der Waals surface area contributed by atoms with Crippen molar-refractivity contribution in [3.63, 3.8) is 0 Å². The van der Waals surface area contributed by atoms with Gasteiger partial charge in [-0.2, -0.15) is 0 Å². The zero-order valence-electron chi connectivity index (χ0n) is 11.6. The van der Waals surface area contributed by atoms with E-state index in [1.807, 2.05) is 23.1 Å². The molecule has 2 aromatic rings. The minimum atomic E-state index is -1.14. The summed E-state index contributed by atoms with van der Waals surface area (Å²) in [6.45, 7) is 0.460. The van der Waals surface area contributed by atoms with Crippen molar-refractivity contribution < 1.29 is 15.0 Å². The van der Waals surface area contributed by atoms with Gasteiger partial charge in [-0.25, -0.2) is 14.8 Å². The van der Waals surface area contributed by atoms with Gasteiger partial charge in [0.05, 0.1) is 12.1 Å². The van der Waals surface area contributed by atoms with Crippen LogP contribution in [-0.4, -0.2) is 45.3 Å². The molecule has 0 saturated heterocycles. The highest BCUT2D eigenvalue weighted by atomic mass is 16.4. The van der Waals surface area contributed by atoms with Gasteiger partial charge in [-0.05, 0) is 31.4 Å². The number of aromatic carboxylic acids is 1. The average molecular weight is 287 g/mol. The van der Waals surface area contributed by atoms with Gasteiger partial charge < -0.3 is 15.1 Å². The monoisotopic (exact) mass is 287 g/mol. The van der Waals surface area contributed by atoms with Crippen LogP contribution in [-0.2, 0) is 0 Å². The second-order valence-electron chi connectivity index (χ2n) is 5.19. The minimum absolute atomic E-state index is 0.0111. The van der Waals surface area contributed by atoms with Gasteiger partial charge in [-0.1, -0.05) is 12.1 Å². The molecule has 0 aliphatic heterocycles. The van der Waals surface area contributed by atoms with Crippen LogP contribution in [0.4, 0.5) is 5.82 Å². The maximum atomic E-state index is 11.2. The molecule has 110 valence electrons. The predicted octanol–water partition coefficient (Wildman–Crippen LogP) is 1.68. The summed E-state index contributed by atoms with van der Waals surface area (Å²) in [7, 11) is 0. The number of carboxylic acid groups (broad SMARTS) is 1. The Balaban J connectivity index is 2.15. The molecule has 0 unspecified atom stereocenters. The van der Waals surface area contributed by atoms with Gasteiger partial charge in [0.15, 0.2) is 0 Å². The standard InChI is InChI=1S/C15H17N3O3/c19-9-8-18(10-4-3-5-10)14-11-6-1-2-7-12(11)16-13(17-14)15(20)21/h1-2,6-7,10,19H,3-5,8-9H2,(H,20,21). The van der Waals surface area contributed by atoms with Gasteiger partial charge in [0.2, 0.25) is 5.82 Å². The second kappa shape index (κ2) is 5.65. The summed E-state index contributed by atoms with van der Waals surface area (Å²) in [6, 6.07) is 7.69. The molecule has 0 spiro atoms. The molecule has 0 amide bonds. The topological polar surface area (TPSA) is 86.5 Å². The Morgan fingerprint density at radius 2 is 2.05 bits per heavy atom. The Morgan fingerprint density at radius 3 is 2.67 bits per heavy atom. The lowest BCUT2D eigenvalue weighted by Gasteiger charge is -2.38. The van der Waals surface area contributed by atoms with E-state index in [-0.39, 0.29) is 12.4 Å². The maximum absolute atomic E-state index is 11.2. The Kier molecular flexibility index (Phi) is 3.70. The molecular formula is C15H17N3O3. The normalized spacial score (nSPS) is 14.9. The van der Waals surface area contributed by atoms with Crippen LogP contribution in [0.25, 0.3) is 10.9 Å². The number of hydrogen-bond acceptors (Lipinski definition) is 5. The number of carbonyl (C=O) groups is 1. The molecule has 6 nitrogen and oxygen atoms in total. The zero-order chi connectivity index (χ0) is 14.8. The molecule has 0 atom stereocenters. The number of nitrogens with zero attached hydrogens (tertiary/aromatic N) is 3. The van der Waals surface area contributed by atoms with E-state index in [9.17, 15) is 15.0 Å². The number of aliphatic hydroxyl groups excluding tert-OH is 1. The van der Waals surface area contributed by atoms with E-state index in [1.54, 1.807) is 6.07 Å². The zero-order valence-corrected chi connectivity index (χ0v) is 11.6. The minimum Gasteiger partial charge on any atom is -0.475 e. The molecule has 0 bridgehead atoms. The Morgan fingerprint density at radius 1 is 1.29 bits per heavy atom. The van der Waals surface area contributed by atoms with Crippen LogP contribution < -0.4 is 4.90 Å². The summed E-state index contributed by atoms with van der Waals surface area (Å²) in [5.41, 5.74) is 0.613. The number of rotatable bonds is 5. The van der Waals surface area contributed by atoms with E-state index < -0.39 is 5.97 Å². The summed E-state index contributed by atoms with van der Waals surface area (Å²) in [6.07, 6.45) is 3.24. The molecule has 1 saturated carbocycles. The first-order chi connectivity index (χ1) is 10.2. The van der Waals surface area contributed by atoms with E-state index >= 15 is 0 Å². The highest BCUT2D eigenvalue weighted by Crippen LogP contribution is 2.32. The van der Waals surface area contributed by atoms with Crippen molar-refractivity contribution in [2.75, 3.05) is 18.1 Å². The van der Waals surface area contributed by atoms with Crippen molar-refractivity contribution in [1.82, 2.24) is 9.97 Å². The van der Waals surface area contributed by atoms with E-state index in [0.717, 1.165) is 24.6 Å². The van der Waals surface area contributed by atoms with E-state index in [1.165, 1.54) is 0 Å². The van der Waals surface area contributed by atoms with Crippen molar-refractivity contribution in [3.8, 4) is 0 Å². The molecule has 6 heteroatoms. The molecule has 3 rings (SSSR count).